The van der Waals surface area contributed by atoms with Crippen LogP contribution in [0.2, 0.25) is 0 Å². The number of esters is 1. The van der Waals surface area contributed by atoms with Gasteiger partial charge >= 0.3 is 5.97 Å². The predicted molar refractivity (Wildman–Crippen MR) is 51.9 cm³/mol. The Balaban J connectivity index is 2.67. The van der Waals surface area contributed by atoms with Gasteiger partial charge in [-0.05, 0) is 24.3 Å². The molecule has 0 aromatic carbocycles. The summed E-state index contributed by atoms with van der Waals surface area (Å²) in [6.07, 6.45) is -0.199. The maximum absolute atomic E-state index is 12.9. The van der Waals surface area contributed by atoms with Gasteiger partial charge in [-0.1, -0.05) is 5.11 Å². The van der Waals surface area contributed by atoms with E-state index in [0.717, 1.165) is 0 Å². The van der Waals surface area contributed by atoms with Crippen LogP contribution in [0.1, 0.15) is 25.7 Å². The summed E-state index contributed by atoms with van der Waals surface area (Å²) in [6, 6.07) is -0.980. The van der Waals surface area contributed by atoms with Crippen LogP contribution in [0.3, 0.4) is 0 Å². The Bertz CT molecular complexity index is 306. The van der Waals surface area contributed by atoms with Crippen LogP contribution in [0.4, 0.5) is 8.78 Å². The molecule has 0 saturated heterocycles. The highest BCUT2D eigenvalue weighted by Gasteiger charge is 2.39. The maximum Gasteiger partial charge on any atom is 0.314 e. The summed E-state index contributed by atoms with van der Waals surface area (Å²) in [4.78, 5) is 13.8. The number of carbonyl (C=O) groups is 1. The molecular weight excluding hydrogens is 220 g/mol. The van der Waals surface area contributed by atoms with Crippen LogP contribution in [0, 0.1) is 5.92 Å². The number of methoxy groups -OCH3 is 1. The third-order valence-corrected chi connectivity index (χ3v) is 2.83. The molecule has 90 valence electrons. The average Bonchev–Trinajstić information content (AvgIpc) is 2.25. The molecule has 0 radical (unpaired) electrons. The van der Waals surface area contributed by atoms with E-state index < -0.39 is 17.9 Å². The van der Waals surface area contributed by atoms with Gasteiger partial charge in [0, 0.05) is 17.8 Å². The number of rotatable bonds is 3. The summed E-state index contributed by atoms with van der Waals surface area (Å²) in [5, 5.41) is 3.33. The smallest absolute Gasteiger partial charge is 0.314 e. The Morgan fingerprint density at radius 2 is 2.12 bits per heavy atom. The quantitative estimate of drug-likeness (QED) is 0.325. The van der Waals surface area contributed by atoms with Gasteiger partial charge in [0.25, 0.3) is 0 Å². The second kappa shape index (κ2) is 5.12. The van der Waals surface area contributed by atoms with E-state index in [9.17, 15) is 13.6 Å². The third-order valence-electron chi connectivity index (χ3n) is 2.83. The first-order valence-electron chi connectivity index (χ1n) is 5.00. The van der Waals surface area contributed by atoms with Crippen molar-refractivity contribution in [3.05, 3.63) is 10.4 Å². The van der Waals surface area contributed by atoms with E-state index in [2.05, 4.69) is 14.8 Å². The lowest BCUT2D eigenvalue weighted by Gasteiger charge is -2.30. The molecule has 0 heterocycles. The zero-order valence-corrected chi connectivity index (χ0v) is 8.90. The minimum atomic E-state index is -2.66. The van der Waals surface area contributed by atoms with E-state index in [1.807, 2.05) is 0 Å². The van der Waals surface area contributed by atoms with Crippen molar-refractivity contribution in [2.45, 2.75) is 37.6 Å². The summed E-state index contributed by atoms with van der Waals surface area (Å²) in [7, 11) is 1.18. The van der Waals surface area contributed by atoms with Crippen LogP contribution in [0.5, 0.6) is 0 Å². The number of halogens is 2. The van der Waals surface area contributed by atoms with Crippen molar-refractivity contribution in [3.63, 3.8) is 0 Å². The second-order valence-electron chi connectivity index (χ2n) is 3.87. The first-order chi connectivity index (χ1) is 7.50. The Hall–Kier alpha value is -1.36. The molecule has 0 amide bonds. The highest BCUT2D eigenvalue weighted by molar-refractivity contribution is 5.76. The van der Waals surface area contributed by atoms with Gasteiger partial charge in [0.2, 0.25) is 5.92 Å². The highest BCUT2D eigenvalue weighted by atomic mass is 19.3. The predicted octanol–water partition coefficient (Wildman–Crippen LogP) is 2.66. The van der Waals surface area contributed by atoms with Crippen molar-refractivity contribution in [2.24, 2.45) is 11.0 Å². The minimum absolute atomic E-state index is 0.172. The zero-order chi connectivity index (χ0) is 12.2. The molecule has 0 unspecified atom stereocenters. The zero-order valence-electron chi connectivity index (χ0n) is 8.90. The van der Waals surface area contributed by atoms with E-state index in [4.69, 9.17) is 5.53 Å². The third kappa shape index (κ3) is 3.06. The molecule has 7 heteroatoms. The lowest BCUT2D eigenvalue weighted by molar-refractivity contribution is -0.145. The monoisotopic (exact) mass is 233 g/mol. The summed E-state index contributed by atoms with van der Waals surface area (Å²) in [5.74, 6) is -3.66. The first-order valence-corrected chi connectivity index (χ1v) is 5.00. The van der Waals surface area contributed by atoms with Crippen molar-refractivity contribution in [3.8, 4) is 0 Å². The molecule has 1 rings (SSSR count). The number of alkyl halides is 2. The Morgan fingerprint density at radius 1 is 1.56 bits per heavy atom. The molecular formula is C9H13F2N3O2. The van der Waals surface area contributed by atoms with Gasteiger partial charge in [-0.25, -0.2) is 8.78 Å². The summed E-state index contributed by atoms with van der Waals surface area (Å²) >= 11 is 0. The van der Waals surface area contributed by atoms with Gasteiger partial charge < -0.3 is 4.74 Å². The van der Waals surface area contributed by atoms with Gasteiger partial charge in [0.05, 0.1) is 7.11 Å². The lowest BCUT2D eigenvalue weighted by atomic mass is 9.82. The van der Waals surface area contributed by atoms with Gasteiger partial charge in [-0.15, -0.1) is 0 Å². The summed E-state index contributed by atoms with van der Waals surface area (Å²) in [6.45, 7) is 0. The molecule has 0 aromatic heterocycles. The van der Waals surface area contributed by atoms with Gasteiger partial charge in [-0.3, -0.25) is 4.79 Å². The van der Waals surface area contributed by atoms with Crippen molar-refractivity contribution in [2.75, 3.05) is 7.11 Å². The topological polar surface area (TPSA) is 75.1 Å². The molecule has 0 aliphatic heterocycles. The summed E-state index contributed by atoms with van der Waals surface area (Å²) in [5.41, 5.74) is 8.32. The Labute approximate surface area is 91.4 Å². The number of azide groups is 1. The SMILES string of the molecule is COC(=O)[C@@H](N=[N+]=[N-])C1CCC(F)(F)CC1. The molecule has 0 bridgehead atoms. The van der Waals surface area contributed by atoms with E-state index in [1.54, 1.807) is 0 Å². The molecule has 16 heavy (non-hydrogen) atoms. The van der Waals surface area contributed by atoms with E-state index >= 15 is 0 Å². The van der Waals surface area contributed by atoms with Crippen molar-refractivity contribution in [1.82, 2.24) is 0 Å². The normalized spacial score (nSPS) is 21.9. The number of hydrogen-bond acceptors (Lipinski definition) is 3. The van der Waals surface area contributed by atoms with Gasteiger partial charge in [0.15, 0.2) is 0 Å². The van der Waals surface area contributed by atoms with E-state index in [0.29, 0.717) is 0 Å². The number of nitrogens with zero attached hydrogens (tertiary/aromatic N) is 3. The largest absolute Gasteiger partial charge is 0.469 e. The number of ether oxygens (including phenoxy) is 1. The van der Waals surface area contributed by atoms with Crippen molar-refractivity contribution in [1.29, 1.82) is 0 Å². The fourth-order valence-corrected chi connectivity index (χ4v) is 1.89. The molecule has 1 aliphatic rings. The van der Waals surface area contributed by atoms with Crippen LogP contribution in [-0.4, -0.2) is 25.0 Å². The summed E-state index contributed by atoms with van der Waals surface area (Å²) < 4.78 is 30.3. The molecule has 0 aromatic rings. The van der Waals surface area contributed by atoms with Crippen LogP contribution in [0.25, 0.3) is 10.4 Å². The van der Waals surface area contributed by atoms with Crippen molar-refractivity contribution < 1.29 is 18.3 Å². The second-order valence-corrected chi connectivity index (χ2v) is 3.87. The molecule has 0 N–H and O–H groups in total. The fourth-order valence-electron chi connectivity index (χ4n) is 1.89. The molecule has 1 atom stereocenters. The van der Waals surface area contributed by atoms with E-state index in [-0.39, 0.29) is 31.6 Å². The van der Waals surface area contributed by atoms with Crippen molar-refractivity contribution >= 4 is 5.97 Å². The Kier molecular flexibility index (Phi) is 4.06. The lowest BCUT2D eigenvalue weighted by Crippen LogP contribution is -2.35. The van der Waals surface area contributed by atoms with Crippen LogP contribution < -0.4 is 0 Å². The molecule has 5 nitrogen and oxygen atoms in total. The van der Waals surface area contributed by atoms with Crippen LogP contribution >= 0.6 is 0 Å². The first kappa shape index (κ1) is 12.7. The van der Waals surface area contributed by atoms with Gasteiger partial charge in [0.1, 0.15) is 6.04 Å². The molecule has 1 saturated carbocycles. The maximum atomic E-state index is 12.9. The van der Waals surface area contributed by atoms with Crippen LogP contribution in [0.15, 0.2) is 5.11 Å². The number of hydrogen-bond donors (Lipinski definition) is 0. The molecule has 1 aliphatic carbocycles. The molecule has 0 spiro atoms. The molecule has 1 fully saturated rings. The van der Waals surface area contributed by atoms with Gasteiger partial charge in [-0.2, -0.15) is 0 Å². The average molecular weight is 233 g/mol. The number of carbonyl (C=O) groups excluding carboxylic acids is 1. The highest BCUT2D eigenvalue weighted by Crippen LogP contribution is 2.38. The minimum Gasteiger partial charge on any atom is -0.469 e. The Morgan fingerprint density at radius 3 is 2.56 bits per heavy atom. The standard InChI is InChI=1S/C9H13F2N3O2/c1-16-8(15)7(13-14-12)6-2-4-9(10,11)5-3-6/h6-7H,2-5H2,1H3/t7-/m0/s1. The fraction of sp³-hybridized carbons (Fsp3) is 0.889. The van der Waals surface area contributed by atoms with E-state index in [1.165, 1.54) is 7.11 Å². The van der Waals surface area contributed by atoms with Crippen LogP contribution in [-0.2, 0) is 9.53 Å².